The molecular formula is C25H24N4O3. The number of carbonyl (C=O) groups is 1. The van der Waals surface area contributed by atoms with Gasteiger partial charge in [-0.05, 0) is 62.9 Å². The fourth-order valence-electron chi connectivity index (χ4n) is 4.21. The zero-order valence-corrected chi connectivity index (χ0v) is 17.8. The number of aliphatic carboxylic acids is 1. The molecular weight excluding hydrogens is 404 g/mol. The Hall–Kier alpha value is -3.74. The van der Waals surface area contributed by atoms with E-state index in [0.717, 1.165) is 52.1 Å². The van der Waals surface area contributed by atoms with Gasteiger partial charge in [0.15, 0.2) is 0 Å². The van der Waals surface area contributed by atoms with Gasteiger partial charge in [-0.15, -0.1) is 0 Å². The van der Waals surface area contributed by atoms with Gasteiger partial charge in [-0.2, -0.15) is 0 Å². The second-order valence-electron chi connectivity index (χ2n) is 8.31. The number of nitrogens with zero attached hydrogens (tertiary/aromatic N) is 3. The highest BCUT2D eigenvalue weighted by atomic mass is 16.5. The molecule has 7 nitrogen and oxygen atoms in total. The fourth-order valence-corrected chi connectivity index (χ4v) is 4.21. The zero-order chi connectivity index (χ0) is 22.1. The molecule has 3 heterocycles. The molecule has 0 unspecified atom stereocenters. The molecule has 1 fully saturated rings. The summed E-state index contributed by atoms with van der Waals surface area (Å²) in [5.74, 6) is 0.438. The normalized spacial score (nSPS) is 18.5. The number of fused-ring (bicyclic) bond motifs is 1. The van der Waals surface area contributed by atoms with E-state index in [2.05, 4.69) is 19.9 Å². The van der Waals surface area contributed by atoms with E-state index in [9.17, 15) is 4.79 Å². The smallest absolute Gasteiger partial charge is 0.306 e. The van der Waals surface area contributed by atoms with Gasteiger partial charge >= 0.3 is 5.97 Å². The van der Waals surface area contributed by atoms with Crippen molar-refractivity contribution in [2.24, 2.45) is 5.92 Å². The number of aromatic amines is 1. The first kappa shape index (κ1) is 20.2. The summed E-state index contributed by atoms with van der Waals surface area (Å²) in [6, 6.07) is 13.9. The number of ether oxygens (including phenoxy) is 1. The summed E-state index contributed by atoms with van der Waals surface area (Å²) < 4.78 is 6.07. The van der Waals surface area contributed by atoms with Crippen LogP contribution in [0.4, 0.5) is 0 Å². The van der Waals surface area contributed by atoms with E-state index in [1.807, 2.05) is 55.6 Å². The number of benzene rings is 1. The van der Waals surface area contributed by atoms with Gasteiger partial charge in [0.25, 0.3) is 0 Å². The van der Waals surface area contributed by atoms with Gasteiger partial charge in [0.05, 0.1) is 22.6 Å². The molecule has 0 amide bonds. The van der Waals surface area contributed by atoms with Crippen molar-refractivity contribution in [3.63, 3.8) is 0 Å². The molecule has 5 rings (SSSR count). The number of aryl methyl sites for hydroxylation is 1. The van der Waals surface area contributed by atoms with Gasteiger partial charge in [0.2, 0.25) is 5.88 Å². The van der Waals surface area contributed by atoms with Crippen molar-refractivity contribution < 1.29 is 14.6 Å². The van der Waals surface area contributed by atoms with Gasteiger partial charge in [-0.1, -0.05) is 12.1 Å². The van der Waals surface area contributed by atoms with Gasteiger partial charge in [0, 0.05) is 29.1 Å². The minimum Gasteiger partial charge on any atom is -0.481 e. The average molecular weight is 428 g/mol. The molecule has 0 bridgehead atoms. The second kappa shape index (κ2) is 8.42. The number of H-pyrrole nitrogens is 1. The van der Waals surface area contributed by atoms with Crippen molar-refractivity contribution >= 4 is 17.0 Å². The maximum Gasteiger partial charge on any atom is 0.306 e. The van der Waals surface area contributed by atoms with Crippen LogP contribution in [0, 0.1) is 12.8 Å². The van der Waals surface area contributed by atoms with Crippen molar-refractivity contribution in [1.29, 1.82) is 0 Å². The van der Waals surface area contributed by atoms with Crippen molar-refractivity contribution in [1.82, 2.24) is 19.9 Å². The molecule has 0 saturated heterocycles. The molecule has 2 N–H and O–H groups in total. The number of carboxylic acids is 1. The molecule has 3 aromatic heterocycles. The number of rotatable bonds is 5. The lowest BCUT2D eigenvalue weighted by atomic mass is 9.87. The summed E-state index contributed by atoms with van der Waals surface area (Å²) in [5.41, 5.74) is 5.53. The first-order chi connectivity index (χ1) is 15.6. The Kier molecular flexibility index (Phi) is 5.31. The molecule has 32 heavy (non-hydrogen) atoms. The summed E-state index contributed by atoms with van der Waals surface area (Å²) >= 11 is 0. The van der Waals surface area contributed by atoms with Crippen LogP contribution in [0.3, 0.4) is 0 Å². The number of carboxylic acid groups (broad SMARTS) is 1. The van der Waals surface area contributed by atoms with E-state index in [1.165, 1.54) is 0 Å². The van der Waals surface area contributed by atoms with E-state index in [0.29, 0.717) is 18.7 Å². The van der Waals surface area contributed by atoms with Crippen LogP contribution < -0.4 is 4.74 Å². The molecule has 0 spiro atoms. The van der Waals surface area contributed by atoms with Crippen LogP contribution in [0.2, 0.25) is 0 Å². The minimum atomic E-state index is -0.707. The van der Waals surface area contributed by atoms with E-state index in [-0.39, 0.29) is 12.0 Å². The van der Waals surface area contributed by atoms with Crippen molar-refractivity contribution in [2.45, 2.75) is 38.7 Å². The Morgan fingerprint density at radius 1 is 1.03 bits per heavy atom. The highest BCUT2D eigenvalue weighted by molar-refractivity contribution is 5.79. The lowest BCUT2D eigenvalue weighted by Crippen LogP contribution is -2.28. The molecule has 4 aromatic rings. The lowest BCUT2D eigenvalue weighted by Gasteiger charge is -2.26. The van der Waals surface area contributed by atoms with E-state index in [4.69, 9.17) is 9.84 Å². The molecule has 0 aliphatic heterocycles. The third-order valence-corrected chi connectivity index (χ3v) is 6.05. The summed E-state index contributed by atoms with van der Waals surface area (Å²) in [6.45, 7) is 1.97. The fraction of sp³-hybridized carbons (Fsp3) is 0.280. The lowest BCUT2D eigenvalue weighted by molar-refractivity contribution is -0.143. The van der Waals surface area contributed by atoms with Gasteiger partial charge in [-0.25, -0.2) is 9.97 Å². The van der Waals surface area contributed by atoms with E-state index >= 15 is 0 Å². The number of nitrogens with one attached hydrogen (secondary N) is 1. The maximum atomic E-state index is 11.1. The zero-order valence-electron chi connectivity index (χ0n) is 17.8. The maximum absolute atomic E-state index is 11.1. The monoisotopic (exact) mass is 428 g/mol. The number of imidazole rings is 1. The summed E-state index contributed by atoms with van der Waals surface area (Å²) in [5, 5.41) is 9.15. The quantitative estimate of drug-likeness (QED) is 0.463. The SMILES string of the molecule is Cc1cc(-c2ccc(-c3nc4ccccc4[nH]3)cn2)cnc1O[C@H]1CC[C@@H](C(=O)O)CC1. The topological polar surface area (TPSA) is 101 Å². The molecule has 7 heteroatoms. The summed E-state index contributed by atoms with van der Waals surface area (Å²) in [4.78, 5) is 28.2. The van der Waals surface area contributed by atoms with Crippen LogP contribution >= 0.6 is 0 Å². The largest absolute Gasteiger partial charge is 0.481 e. The molecule has 1 saturated carbocycles. The van der Waals surface area contributed by atoms with Crippen LogP contribution in [0.25, 0.3) is 33.7 Å². The number of pyridine rings is 2. The first-order valence-corrected chi connectivity index (χ1v) is 10.8. The molecule has 162 valence electrons. The second-order valence-corrected chi connectivity index (χ2v) is 8.31. The Morgan fingerprint density at radius 2 is 1.81 bits per heavy atom. The predicted octanol–water partition coefficient (Wildman–Crippen LogP) is 5.02. The first-order valence-electron chi connectivity index (χ1n) is 10.8. The van der Waals surface area contributed by atoms with Crippen molar-refractivity contribution in [3.05, 3.63) is 60.4 Å². The standard InChI is InChI=1S/C25H24N4O3/c1-15-12-18(14-27-24(15)32-19-9-6-16(7-10-19)25(30)31)20-11-8-17(13-26-20)23-28-21-4-2-3-5-22(21)29-23/h2-5,8,11-14,16,19H,6-7,9-10H2,1H3,(H,28,29)(H,30,31)/t16-,19+. The molecule has 0 atom stereocenters. The van der Waals surface area contributed by atoms with Crippen LogP contribution in [-0.4, -0.2) is 37.1 Å². The van der Waals surface area contributed by atoms with Gasteiger partial charge < -0.3 is 14.8 Å². The summed E-state index contributed by atoms with van der Waals surface area (Å²) in [6.07, 6.45) is 6.39. The van der Waals surface area contributed by atoms with E-state index in [1.54, 1.807) is 6.20 Å². The van der Waals surface area contributed by atoms with Crippen LogP contribution in [0.15, 0.2) is 54.9 Å². The molecule has 0 radical (unpaired) electrons. The average Bonchev–Trinajstić information content (AvgIpc) is 3.25. The van der Waals surface area contributed by atoms with Crippen LogP contribution in [0.5, 0.6) is 5.88 Å². The van der Waals surface area contributed by atoms with Crippen LogP contribution in [-0.2, 0) is 4.79 Å². The Balaban J connectivity index is 1.29. The molecule has 1 aliphatic carbocycles. The van der Waals surface area contributed by atoms with Crippen LogP contribution in [0.1, 0.15) is 31.2 Å². The Morgan fingerprint density at radius 3 is 2.50 bits per heavy atom. The number of hydrogen-bond acceptors (Lipinski definition) is 5. The van der Waals surface area contributed by atoms with Gasteiger partial charge in [0.1, 0.15) is 11.9 Å². The third kappa shape index (κ3) is 4.06. The predicted molar refractivity (Wildman–Crippen MR) is 121 cm³/mol. The number of hydrogen-bond donors (Lipinski definition) is 2. The van der Waals surface area contributed by atoms with Gasteiger partial charge in [-0.3, -0.25) is 9.78 Å². The molecule has 1 aliphatic rings. The Labute approximate surface area is 185 Å². The number of para-hydroxylation sites is 2. The Bertz CT molecular complexity index is 1220. The minimum absolute atomic E-state index is 0.0175. The number of aromatic nitrogens is 4. The third-order valence-electron chi connectivity index (χ3n) is 6.05. The van der Waals surface area contributed by atoms with E-state index < -0.39 is 5.97 Å². The van der Waals surface area contributed by atoms with Crippen molar-refractivity contribution in [2.75, 3.05) is 0 Å². The highest BCUT2D eigenvalue weighted by Gasteiger charge is 2.27. The summed E-state index contributed by atoms with van der Waals surface area (Å²) in [7, 11) is 0. The van der Waals surface area contributed by atoms with Crippen molar-refractivity contribution in [3.8, 4) is 28.5 Å². The highest BCUT2D eigenvalue weighted by Crippen LogP contribution is 2.30. The molecule has 1 aromatic carbocycles.